The maximum Gasteiger partial charge on any atom is 0.0283 e. The number of hydrogen-bond donors (Lipinski definition) is 1. The zero-order valence-corrected chi connectivity index (χ0v) is 10.0. The SMILES string of the molecule is C/C=C(\C=C/C(C)=N)CC(C)C=C1CC1. The van der Waals surface area contributed by atoms with E-state index in [1.807, 2.05) is 6.08 Å². The molecule has 1 saturated carbocycles. The van der Waals surface area contributed by atoms with Gasteiger partial charge in [0.15, 0.2) is 0 Å². The largest absolute Gasteiger partial charge is 0.306 e. The minimum absolute atomic E-state index is 0.613. The second kappa shape index (κ2) is 5.69. The van der Waals surface area contributed by atoms with Crippen LogP contribution < -0.4 is 0 Å². The molecule has 1 fully saturated rings. The van der Waals surface area contributed by atoms with Gasteiger partial charge in [0, 0.05) is 5.71 Å². The van der Waals surface area contributed by atoms with Crippen LogP contribution in [-0.2, 0) is 0 Å². The van der Waals surface area contributed by atoms with Gasteiger partial charge in [-0.05, 0) is 45.1 Å². The maximum absolute atomic E-state index is 7.34. The Kier molecular flexibility index (Phi) is 4.54. The topological polar surface area (TPSA) is 23.9 Å². The molecule has 0 bridgehead atoms. The lowest BCUT2D eigenvalue weighted by atomic mass is 9.99. The van der Waals surface area contributed by atoms with E-state index < -0.39 is 0 Å². The van der Waals surface area contributed by atoms with Crippen molar-refractivity contribution >= 4 is 5.71 Å². The molecule has 15 heavy (non-hydrogen) atoms. The van der Waals surface area contributed by atoms with Crippen molar-refractivity contribution < 1.29 is 0 Å². The molecule has 0 radical (unpaired) electrons. The number of allylic oxidation sites excluding steroid dienone is 6. The number of nitrogens with one attached hydrogen (secondary N) is 1. The molecular formula is C14H21N. The first-order valence-corrected chi connectivity index (χ1v) is 5.69. The fraction of sp³-hybridized carbons (Fsp3) is 0.500. The third kappa shape index (κ3) is 5.36. The second-order valence-electron chi connectivity index (χ2n) is 4.39. The highest BCUT2D eigenvalue weighted by Gasteiger charge is 2.12. The first-order valence-electron chi connectivity index (χ1n) is 5.69. The molecule has 0 spiro atoms. The molecule has 1 atom stereocenters. The van der Waals surface area contributed by atoms with Crippen molar-refractivity contribution in [2.24, 2.45) is 5.92 Å². The van der Waals surface area contributed by atoms with Crippen LogP contribution in [0.15, 0.2) is 35.5 Å². The van der Waals surface area contributed by atoms with E-state index in [9.17, 15) is 0 Å². The van der Waals surface area contributed by atoms with Gasteiger partial charge in [0.25, 0.3) is 0 Å². The minimum Gasteiger partial charge on any atom is -0.306 e. The third-order valence-electron chi connectivity index (χ3n) is 2.53. The van der Waals surface area contributed by atoms with Gasteiger partial charge in [-0.3, -0.25) is 0 Å². The zero-order valence-electron chi connectivity index (χ0n) is 10.0. The average molecular weight is 203 g/mol. The van der Waals surface area contributed by atoms with Gasteiger partial charge >= 0.3 is 0 Å². The van der Waals surface area contributed by atoms with Gasteiger partial charge in [0.05, 0.1) is 0 Å². The van der Waals surface area contributed by atoms with Crippen LogP contribution >= 0.6 is 0 Å². The molecule has 0 aromatic rings. The minimum atomic E-state index is 0.613. The first kappa shape index (κ1) is 12.0. The van der Waals surface area contributed by atoms with Crippen LogP contribution in [0, 0.1) is 11.3 Å². The van der Waals surface area contributed by atoms with Gasteiger partial charge < -0.3 is 5.41 Å². The van der Waals surface area contributed by atoms with Crippen LogP contribution in [0.2, 0.25) is 0 Å². The molecule has 1 aliphatic rings. The van der Waals surface area contributed by atoms with Crippen molar-refractivity contribution in [1.29, 1.82) is 5.41 Å². The fourth-order valence-corrected chi connectivity index (χ4v) is 1.59. The van der Waals surface area contributed by atoms with E-state index in [-0.39, 0.29) is 0 Å². The van der Waals surface area contributed by atoms with Gasteiger partial charge in [-0.15, -0.1) is 0 Å². The molecule has 1 rings (SSSR count). The van der Waals surface area contributed by atoms with Crippen molar-refractivity contribution in [1.82, 2.24) is 0 Å². The Balaban J connectivity index is 2.46. The summed E-state index contributed by atoms with van der Waals surface area (Å²) in [6.07, 6.45) is 12.2. The van der Waals surface area contributed by atoms with Crippen LogP contribution in [0.25, 0.3) is 0 Å². The normalized spacial score (nSPS) is 18.1. The molecule has 1 N–H and O–H groups in total. The van der Waals surface area contributed by atoms with Crippen molar-refractivity contribution in [3.8, 4) is 0 Å². The standard InChI is InChI=1S/C14H21N/c1-4-13(6-5-12(3)15)9-11(2)10-14-7-8-14/h4-6,10-11,15H,7-9H2,1-3H3/b6-5-,13-4+,15-12?. The summed E-state index contributed by atoms with van der Waals surface area (Å²) in [5.74, 6) is 0.629. The summed E-state index contributed by atoms with van der Waals surface area (Å²) in [6.45, 7) is 6.13. The summed E-state index contributed by atoms with van der Waals surface area (Å²) in [6, 6.07) is 0. The highest BCUT2D eigenvalue weighted by atomic mass is 14.4. The molecule has 0 saturated heterocycles. The predicted octanol–water partition coefficient (Wildman–Crippen LogP) is 4.27. The molecule has 0 heterocycles. The molecule has 0 aromatic carbocycles. The van der Waals surface area contributed by atoms with Crippen LogP contribution in [0.4, 0.5) is 0 Å². The Hall–Kier alpha value is -1.11. The van der Waals surface area contributed by atoms with Crippen molar-refractivity contribution in [3.05, 3.63) is 35.5 Å². The molecule has 1 heteroatoms. The average Bonchev–Trinajstić information content (AvgIpc) is 2.95. The Morgan fingerprint density at radius 2 is 2.07 bits per heavy atom. The lowest BCUT2D eigenvalue weighted by molar-refractivity contribution is 0.724. The van der Waals surface area contributed by atoms with Crippen molar-refractivity contribution in [3.63, 3.8) is 0 Å². The third-order valence-corrected chi connectivity index (χ3v) is 2.53. The summed E-state index contributed by atoms with van der Waals surface area (Å²) in [4.78, 5) is 0. The zero-order chi connectivity index (χ0) is 11.3. The van der Waals surface area contributed by atoms with Gasteiger partial charge in [-0.1, -0.05) is 36.3 Å². The molecule has 1 nitrogen and oxygen atoms in total. The monoisotopic (exact) mass is 203 g/mol. The molecule has 1 aliphatic carbocycles. The Morgan fingerprint density at radius 3 is 2.53 bits per heavy atom. The Bertz CT molecular complexity index is 312. The lowest BCUT2D eigenvalue weighted by Crippen LogP contribution is -1.92. The van der Waals surface area contributed by atoms with Gasteiger partial charge in [-0.25, -0.2) is 0 Å². The molecular weight excluding hydrogens is 182 g/mol. The quantitative estimate of drug-likeness (QED) is 0.392. The Morgan fingerprint density at radius 1 is 1.40 bits per heavy atom. The Labute approximate surface area is 93.1 Å². The van der Waals surface area contributed by atoms with Gasteiger partial charge in [-0.2, -0.15) is 0 Å². The summed E-state index contributed by atoms with van der Waals surface area (Å²) in [5, 5.41) is 7.34. The highest BCUT2D eigenvalue weighted by Crippen LogP contribution is 2.30. The second-order valence-corrected chi connectivity index (χ2v) is 4.39. The van der Waals surface area contributed by atoms with E-state index >= 15 is 0 Å². The number of rotatable bonds is 5. The van der Waals surface area contributed by atoms with E-state index in [2.05, 4.69) is 32.1 Å². The molecule has 0 aliphatic heterocycles. The molecule has 82 valence electrons. The van der Waals surface area contributed by atoms with Crippen LogP contribution in [0.5, 0.6) is 0 Å². The molecule has 0 aromatic heterocycles. The molecule has 1 unspecified atom stereocenters. The highest BCUT2D eigenvalue weighted by molar-refractivity contribution is 5.90. The van der Waals surface area contributed by atoms with Gasteiger partial charge in [0.2, 0.25) is 0 Å². The van der Waals surface area contributed by atoms with E-state index in [1.54, 1.807) is 12.5 Å². The van der Waals surface area contributed by atoms with E-state index in [0.29, 0.717) is 11.6 Å². The predicted molar refractivity (Wildman–Crippen MR) is 67.4 cm³/mol. The first-order chi connectivity index (χ1) is 7.11. The smallest absolute Gasteiger partial charge is 0.0283 e. The van der Waals surface area contributed by atoms with E-state index in [0.717, 1.165) is 6.42 Å². The lowest BCUT2D eigenvalue weighted by Gasteiger charge is -2.06. The van der Waals surface area contributed by atoms with Crippen LogP contribution in [0.3, 0.4) is 0 Å². The summed E-state index contributed by atoms with van der Waals surface area (Å²) < 4.78 is 0. The maximum atomic E-state index is 7.34. The van der Waals surface area contributed by atoms with E-state index in [4.69, 9.17) is 5.41 Å². The summed E-state index contributed by atoms with van der Waals surface area (Å²) >= 11 is 0. The molecule has 0 amide bonds. The van der Waals surface area contributed by atoms with Gasteiger partial charge in [0.1, 0.15) is 0 Å². The summed E-state index contributed by atoms with van der Waals surface area (Å²) in [7, 11) is 0. The number of hydrogen-bond acceptors (Lipinski definition) is 1. The van der Waals surface area contributed by atoms with Crippen molar-refractivity contribution in [2.45, 2.75) is 40.0 Å². The van der Waals surface area contributed by atoms with Crippen molar-refractivity contribution in [2.75, 3.05) is 0 Å². The van der Waals surface area contributed by atoms with E-state index in [1.165, 1.54) is 18.4 Å². The van der Waals surface area contributed by atoms with Crippen LogP contribution in [0.1, 0.15) is 40.0 Å². The summed E-state index contributed by atoms with van der Waals surface area (Å²) in [5.41, 5.74) is 3.55. The van der Waals surface area contributed by atoms with Crippen LogP contribution in [-0.4, -0.2) is 5.71 Å². The fourth-order valence-electron chi connectivity index (χ4n) is 1.59.